The van der Waals surface area contributed by atoms with Gasteiger partial charge < -0.3 is 5.32 Å². The lowest BCUT2D eigenvalue weighted by atomic mass is 10.2. The average Bonchev–Trinajstić information content (AvgIpc) is 2.44. The summed E-state index contributed by atoms with van der Waals surface area (Å²) < 4.78 is 1.12. The Balaban J connectivity index is 2.18. The largest absolute Gasteiger partial charge is 0.313 e. The van der Waals surface area contributed by atoms with Crippen LogP contribution in [0.15, 0.2) is 32.7 Å². The predicted molar refractivity (Wildman–Crippen MR) is 91.9 cm³/mol. The standard InChI is InChI=1S/C16H20BrN3S/c1-5-18-9-13-6-7-14(8-15(13)17)21-16-19-11(3)10(2)12(4)20-16/h6-8,18H,5,9H2,1-4H3. The van der Waals surface area contributed by atoms with E-state index < -0.39 is 0 Å². The first kappa shape index (κ1) is 16.5. The van der Waals surface area contributed by atoms with Crippen LogP contribution in [0.2, 0.25) is 0 Å². The zero-order chi connectivity index (χ0) is 15.4. The Hall–Kier alpha value is -0.910. The minimum atomic E-state index is 0.807. The molecule has 0 amide bonds. The number of nitrogens with zero attached hydrogens (tertiary/aromatic N) is 2. The molecular weight excluding hydrogens is 346 g/mol. The van der Waals surface area contributed by atoms with E-state index in [2.05, 4.69) is 63.3 Å². The van der Waals surface area contributed by atoms with Gasteiger partial charge in [0.15, 0.2) is 5.16 Å². The fourth-order valence-electron chi connectivity index (χ4n) is 1.89. The molecule has 0 atom stereocenters. The van der Waals surface area contributed by atoms with Crippen molar-refractivity contribution in [2.24, 2.45) is 0 Å². The molecule has 0 spiro atoms. The van der Waals surface area contributed by atoms with Crippen LogP contribution < -0.4 is 5.32 Å². The van der Waals surface area contributed by atoms with Crippen LogP contribution >= 0.6 is 27.7 Å². The maximum atomic E-state index is 4.55. The highest BCUT2D eigenvalue weighted by molar-refractivity contribution is 9.10. The SMILES string of the molecule is CCNCc1ccc(Sc2nc(C)c(C)c(C)n2)cc1Br. The number of aryl methyl sites for hydroxylation is 2. The van der Waals surface area contributed by atoms with E-state index in [0.29, 0.717) is 0 Å². The molecule has 1 aromatic heterocycles. The highest BCUT2D eigenvalue weighted by Gasteiger charge is 2.08. The third-order valence-corrected chi connectivity index (χ3v) is 5.00. The summed E-state index contributed by atoms with van der Waals surface area (Å²) in [5.41, 5.74) is 4.53. The van der Waals surface area contributed by atoms with Crippen molar-refractivity contribution >= 4 is 27.7 Å². The van der Waals surface area contributed by atoms with Crippen molar-refractivity contribution in [1.82, 2.24) is 15.3 Å². The number of aromatic nitrogens is 2. The Morgan fingerprint density at radius 1 is 1.14 bits per heavy atom. The summed E-state index contributed by atoms with van der Waals surface area (Å²) in [5.74, 6) is 0. The Morgan fingerprint density at radius 2 is 1.81 bits per heavy atom. The number of hydrogen-bond acceptors (Lipinski definition) is 4. The van der Waals surface area contributed by atoms with Gasteiger partial charge in [0.05, 0.1) is 0 Å². The minimum Gasteiger partial charge on any atom is -0.313 e. The molecule has 0 aliphatic carbocycles. The quantitative estimate of drug-likeness (QED) is 0.795. The van der Waals surface area contributed by atoms with E-state index in [1.54, 1.807) is 11.8 Å². The summed E-state index contributed by atoms with van der Waals surface area (Å²) >= 11 is 5.24. The number of rotatable bonds is 5. The molecule has 0 saturated heterocycles. The first-order chi connectivity index (χ1) is 10.0. The van der Waals surface area contributed by atoms with Crippen LogP contribution in [0.25, 0.3) is 0 Å². The Kier molecular flexibility index (Phi) is 5.79. The van der Waals surface area contributed by atoms with Gasteiger partial charge in [0.25, 0.3) is 0 Å². The second-order valence-electron chi connectivity index (χ2n) is 4.94. The molecule has 2 aromatic rings. The van der Waals surface area contributed by atoms with E-state index in [1.165, 1.54) is 11.1 Å². The van der Waals surface area contributed by atoms with Crippen molar-refractivity contribution in [2.75, 3.05) is 6.54 Å². The molecule has 0 saturated carbocycles. The number of nitrogens with one attached hydrogen (secondary N) is 1. The third-order valence-electron chi connectivity index (χ3n) is 3.41. The summed E-state index contributed by atoms with van der Waals surface area (Å²) in [6.07, 6.45) is 0. The zero-order valence-electron chi connectivity index (χ0n) is 12.8. The first-order valence-electron chi connectivity index (χ1n) is 7.00. The molecule has 0 radical (unpaired) electrons. The van der Waals surface area contributed by atoms with Crippen molar-refractivity contribution in [3.8, 4) is 0 Å². The molecule has 0 fully saturated rings. The maximum absolute atomic E-state index is 4.55. The minimum absolute atomic E-state index is 0.807. The fourth-order valence-corrected chi connectivity index (χ4v) is 3.45. The normalized spacial score (nSPS) is 10.9. The molecule has 0 aliphatic rings. The van der Waals surface area contributed by atoms with Gasteiger partial charge >= 0.3 is 0 Å². The molecule has 1 heterocycles. The van der Waals surface area contributed by atoms with Gasteiger partial charge in [-0.3, -0.25) is 0 Å². The Labute approximate surface area is 139 Å². The second kappa shape index (κ2) is 7.38. The lowest BCUT2D eigenvalue weighted by Crippen LogP contribution is -2.11. The monoisotopic (exact) mass is 365 g/mol. The van der Waals surface area contributed by atoms with Gasteiger partial charge in [0, 0.05) is 27.3 Å². The van der Waals surface area contributed by atoms with E-state index in [0.717, 1.165) is 39.0 Å². The molecule has 0 bridgehead atoms. The highest BCUT2D eigenvalue weighted by atomic mass is 79.9. The van der Waals surface area contributed by atoms with Gasteiger partial charge in [-0.1, -0.05) is 28.9 Å². The Morgan fingerprint density at radius 3 is 2.38 bits per heavy atom. The summed E-state index contributed by atoms with van der Waals surface area (Å²) in [6.45, 7) is 10.1. The fraction of sp³-hybridized carbons (Fsp3) is 0.375. The van der Waals surface area contributed by atoms with E-state index in [4.69, 9.17) is 0 Å². The molecule has 0 aliphatic heterocycles. The second-order valence-corrected chi connectivity index (χ2v) is 6.83. The van der Waals surface area contributed by atoms with Gasteiger partial charge in [0.2, 0.25) is 0 Å². The van der Waals surface area contributed by atoms with Crippen LogP contribution in [0.1, 0.15) is 29.4 Å². The summed E-state index contributed by atoms with van der Waals surface area (Å²) in [6, 6.07) is 6.39. The lowest BCUT2D eigenvalue weighted by molar-refractivity contribution is 0.724. The van der Waals surface area contributed by atoms with Crippen molar-refractivity contribution in [2.45, 2.75) is 44.3 Å². The van der Waals surface area contributed by atoms with E-state index in [-0.39, 0.29) is 0 Å². The maximum Gasteiger partial charge on any atom is 0.192 e. The zero-order valence-corrected chi connectivity index (χ0v) is 15.2. The van der Waals surface area contributed by atoms with Crippen LogP contribution in [-0.2, 0) is 6.54 Å². The molecule has 1 aromatic carbocycles. The van der Waals surface area contributed by atoms with E-state index in [1.807, 2.05) is 13.8 Å². The van der Waals surface area contributed by atoms with Gasteiger partial charge in [0.1, 0.15) is 0 Å². The van der Waals surface area contributed by atoms with Crippen molar-refractivity contribution in [1.29, 1.82) is 0 Å². The van der Waals surface area contributed by atoms with Crippen LogP contribution in [0.3, 0.4) is 0 Å². The van der Waals surface area contributed by atoms with Gasteiger partial charge in [-0.05, 0) is 62.3 Å². The summed E-state index contributed by atoms with van der Waals surface area (Å²) in [4.78, 5) is 10.3. The van der Waals surface area contributed by atoms with Gasteiger partial charge in [-0.2, -0.15) is 0 Å². The topological polar surface area (TPSA) is 37.8 Å². The number of benzene rings is 1. The number of halogens is 1. The first-order valence-corrected chi connectivity index (χ1v) is 8.61. The average molecular weight is 366 g/mol. The van der Waals surface area contributed by atoms with Gasteiger partial charge in [-0.25, -0.2) is 9.97 Å². The smallest absolute Gasteiger partial charge is 0.192 e. The van der Waals surface area contributed by atoms with E-state index in [9.17, 15) is 0 Å². The lowest BCUT2D eigenvalue weighted by Gasteiger charge is -2.09. The van der Waals surface area contributed by atoms with Crippen molar-refractivity contribution < 1.29 is 0 Å². The summed E-state index contributed by atoms with van der Waals surface area (Å²) in [5, 5.41) is 4.14. The third kappa shape index (κ3) is 4.28. The molecule has 1 N–H and O–H groups in total. The Bertz CT molecular complexity index is 620. The van der Waals surface area contributed by atoms with Crippen LogP contribution in [0.4, 0.5) is 0 Å². The number of hydrogen-bond donors (Lipinski definition) is 1. The molecule has 3 nitrogen and oxygen atoms in total. The van der Waals surface area contributed by atoms with Crippen molar-refractivity contribution in [3.05, 3.63) is 45.2 Å². The van der Waals surface area contributed by atoms with Crippen LogP contribution in [0.5, 0.6) is 0 Å². The summed E-state index contributed by atoms with van der Waals surface area (Å²) in [7, 11) is 0. The van der Waals surface area contributed by atoms with Crippen molar-refractivity contribution in [3.63, 3.8) is 0 Å². The molecule has 2 rings (SSSR count). The van der Waals surface area contributed by atoms with E-state index >= 15 is 0 Å². The molecule has 5 heteroatoms. The highest BCUT2D eigenvalue weighted by Crippen LogP contribution is 2.29. The van der Waals surface area contributed by atoms with Gasteiger partial charge in [-0.15, -0.1) is 0 Å². The van der Waals surface area contributed by atoms with Crippen LogP contribution in [-0.4, -0.2) is 16.5 Å². The van der Waals surface area contributed by atoms with Crippen LogP contribution in [0, 0.1) is 20.8 Å². The molecule has 21 heavy (non-hydrogen) atoms. The predicted octanol–water partition coefficient (Wildman–Crippen LogP) is 4.43. The molecule has 112 valence electrons. The molecular formula is C16H20BrN3S. The molecule has 0 unspecified atom stereocenters.